The fourth-order valence-electron chi connectivity index (χ4n) is 4.50. The van der Waals surface area contributed by atoms with Gasteiger partial charge in [-0.05, 0) is 73.2 Å². The first kappa shape index (κ1) is 20.3. The van der Waals surface area contributed by atoms with Gasteiger partial charge in [-0.3, -0.25) is 4.79 Å². The van der Waals surface area contributed by atoms with Crippen LogP contribution in [0.3, 0.4) is 0 Å². The molecule has 32 heavy (non-hydrogen) atoms. The Balaban J connectivity index is 1.42. The Kier molecular flexibility index (Phi) is 5.59. The second kappa shape index (κ2) is 8.83. The highest BCUT2D eigenvalue weighted by Crippen LogP contribution is 2.33. The molecule has 1 amide bonds. The Morgan fingerprint density at radius 1 is 0.875 bits per heavy atom. The van der Waals surface area contributed by atoms with Crippen molar-refractivity contribution in [2.24, 2.45) is 0 Å². The molecule has 0 saturated carbocycles. The van der Waals surface area contributed by atoms with Gasteiger partial charge in [0.2, 0.25) is 0 Å². The first-order valence-corrected chi connectivity index (χ1v) is 11.1. The molecule has 1 aliphatic carbocycles. The highest BCUT2D eigenvalue weighted by Gasteiger charge is 2.20. The lowest BCUT2D eigenvalue weighted by Crippen LogP contribution is -2.23. The Hall–Kier alpha value is -3.66. The van der Waals surface area contributed by atoms with E-state index < -0.39 is 0 Å². The summed E-state index contributed by atoms with van der Waals surface area (Å²) in [5, 5.41) is 2.81. The molecule has 3 aromatic carbocycles. The molecule has 0 saturated heterocycles. The van der Waals surface area contributed by atoms with Gasteiger partial charge in [-0.2, -0.15) is 0 Å². The van der Waals surface area contributed by atoms with Crippen molar-refractivity contribution in [1.29, 1.82) is 0 Å². The molecule has 1 aliphatic rings. The quantitative estimate of drug-likeness (QED) is 0.413. The summed E-state index contributed by atoms with van der Waals surface area (Å²) in [5.74, 6) is -0.522. The second-order valence-electron chi connectivity index (χ2n) is 8.23. The zero-order chi connectivity index (χ0) is 21.9. The molecular formula is C28H25FN2O. The van der Waals surface area contributed by atoms with Crippen LogP contribution < -0.4 is 5.32 Å². The fraction of sp³-hybridized carbons (Fsp3) is 0.179. The number of hydrogen-bond acceptors (Lipinski definition) is 1. The van der Waals surface area contributed by atoms with Crippen molar-refractivity contribution < 1.29 is 9.18 Å². The lowest BCUT2D eigenvalue weighted by Gasteiger charge is -2.18. The van der Waals surface area contributed by atoms with Crippen molar-refractivity contribution in [3.05, 3.63) is 113 Å². The number of fused-ring (bicyclic) bond motifs is 1. The number of aryl methyl sites for hydroxylation is 1. The standard InChI is InChI=1S/C28H25FN2O/c29-25-12-6-4-11-23(25)19-30-28(32)21-14-16-24(17-15-21)31-26-13-7-5-10-22(26)18-27(31)20-8-2-1-3-9-20/h1-4,6,8-9,11-12,14-18H,5,7,10,13,19H2,(H,30,32). The van der Waals surface area contributed by atoms with Crippen LogP contribution >= 0.6 is 0 Å². The second-order valence-corrected chi connectivity index (χ2v) is 8.23. The predicted molar refractivity (Wildman–Crippen MR) is 125 cm³/mol. The zero-order valence-corrected chi connectivity index (χ0v) is 17.9. The topological polar surface area (TPSA) is 34.0 Å². The first-order valence-electron chi connectivity index (χ1n) is 11.1. The largest absolute Gasteiger partial charge is 0.348 e. The molecule has 1 aromatic heterocycles. The van der Waals surface area contributed by atoms with E-state index in [4.69, 9.17) is 0 Å². The predicted octanol–water partition coefficient (Wildman–Crippen LogP) is 6.09. The molecule has 0 bridgehead atoms. The minimum Gasteiger partial charge on any atom is -0.348 e. The summed E-state index contributed by atoms with van der Waals surface area (Å²) in [6.45, 7) is 0.163. The van der Waals surface area contributed by atoms with Crippen molar-refractivity contribution >= 4 is 5.91 Å². The van der Waals surface area contributed by atoms with E-state index in [1.165, 1.54) is 41.4 Å². The molecule has 4 aromatic rings. The van der Waals surface area contributed by atoms with E-state index in [1.807, 2.05) is 30.3 Å². The van der Waals surface area contributed by atoms with E-state index in [-0.39, 0.29) is 18.3 Å². The fourth-order valence-corrected chi connectivity index (χ4v) is 4.50. The van der Waals surface area contributed by atoms with E-state index in [0.717, 1.165) is 18.5 Å². The maximum Gasteiger partial charge on any atom is 0.251 e. The summed E-state index contributed by atoms with van der Waals surface area (Å²) in [4.78, 5) is 12.6. The summed E-state index contributed by atoms with van der Waals surface area (Å²) in [6, 6.07) is 26.9. The van der Waals surface area contributed by atoms with Crippen LogP contribution in [0.25, 0.3) is 16.9 Å². The van der Waals surface area contributed by atoms with Crippen LogP contribution in [0.1, 0.15) is 40.0 Å². The van der Waals surface area contributed by atoms with Gasteiger partial charge in [0.1, 0.15) is 5.82 Å². The maximum atomic E-state index is 13.8. The van der Waals surface area contributed by atoms with Gasteiger partial charge in [-0.1, -0.05) is 48.5 Å². The molecule has 1 heterocycles. The van der Waals surface area contributed by atoms with Crippen molar-refractivity contribution in [2.45, 2.75) is 32.2 Å². The van der Waals surface area contributed by atoms with Crippen LogP contribution in [-0.4, -0.2) is 10.5 Å². The number of aromatic nitrogens is 1. The molecule has 1 N–H and O–H groups in total. The molecule has 0 spiro atoms. The number of nitrogens with zero attached hydrogens (tertiary/aromatic N) is 1. The van der Waals surface area contributed by atoms with Gasteiger partial charge in [0.05, 0.1) is 5.69 Å². The van der Waals surface area contributed by atoms with Crippen LogP contribution in [0, 0.1) is 5.82 Å². The van der Waals surface area contributed by atoms with Crippen molar-refractivity contribution in [2.75, 3.05) is 0 Å². The number of amides is 1. The smallest absolute Gasteiger partial charge is 0.251 e. The molecule has 5 rings (SSSR count). The van der Waals surface area contributed by atoms with E-state index in [1.54, 1.807) is 18.2 Å². The summed E-state index contributed by atoms with van der Waals surface area (Å²) in [5.41, 5.74) is 7.26. The normalized spacial score (nSPS) is 12.9. The number of hydrogen-bond donors (Lipinski definition) is 1. The average Bonchev–Trinajstić information content (AvgIpc) is 3.24. The zero-order valence-electron chi connectivity index (χ0n) is 17.9. The molecule has 0 atom stereocenters. The van der Waals surface area contributed by atoms with Crippen LogP contribution in [-0.2, 0) is 19.4 Å². The molecule has 0 fully saturated rings. The van der Waals surface area contributed by atoms with Gasteiger partial charge in [0.15, 0.2) is 0 Å². The first-order chi connectivity index (χ1) is 15.7. The van der Waals surface area contributed by atoms with Crippen LogP contribution in [0.15, 0.2) is 84.9 Å². The lowest BCUT2D eigenvalue weighted by atomic mass is 9.98. The van der Waals surface area contributed by atoms with Crippen molar-refractivity contribution in [1.82, 2.24) is 9.88 Å². The molecular weight excluding hydrogens is 399 g/mol. The molecule has 0 aliphatic heterocycles. The van der Waals surface area contributed by atoms with Crippen molar-refractivity contribution in [3.8, 4) is 16.9 Å². The average molecular weight is 425 g/mol. The maximum absolute atomic E-state index is 13.8. The number of rotatable bonds is 5. The van der Waals surface area contributed by atoms with Crippen LogP contribution in [0.5, 0.6) is 0 Å². The summed E-state index contributed by atoms with van der Waals surface area (Å²) in [6.07, 6.45) is 4.60. The van der Waals surface area contributed by atoms with Gasteiger partial charge in [-0.25, -0.2) is 4.39 Å². The monoisotopic (exact) mass is 424 g/mol. The van der Waals surface area contributed by atoms with Gasteiger partial charge >= 0.3 is 0 Å². The van der Waals surface area contributed by atoms with Gasteiger partial charge < -0.3 is 9.88 Å². The van der Waals surface area contributed by atoms with Crippen LogP contribution in [0.2, 0.25) is 0 Å². The van der Waals surface area contributed by atoms with Gasteiger partial charge in [0, 0.05) is 29.1 Å². The molecule has 3 nitrogen and oxygen atoms in total. The Morgan fingerprint density at radius 3 is 2.38 bits per heavy atom. The summed E-state index contributed by atoms with van der Waals surface area (Å²) < 4.78 is 16.2. The molecule has 0 radical (unpaired) electrons. The third-order valence-electron chi connectivity index (χ3n) is 6.16. The van der Waals surface area contributed by atoms with Gasteiger partial charge in [0.25, 0.3) is 5.91 Å². The number of nitrogens with one attached hydrogen (secondary N) is 1. The highest BCUT2D eigenvalue weighted by atomic mass is 19.1. The minimum absolute atomic E-state index is 0.163. The van der Waals surface area contributed by atoms with Gasteiger partial charge in [-0.15, -0.1) is 0 Å². The Morgan fingerprint density at radius 2 is 1.59 bits per heavy atom. The summed E-state index contributed by atoms with van der Waals surface area (Å²) >= 11 is 0. The SMILES string of the molecule is O=C(NCc1ccccc1F)c1ccc(-n2c(-c3ccccc3)cc3c2CCCC3)cc1. The Bertz CT molecular complexity index is 1240. The lowest BCUT2D eigenvalue weighted by molar-refractivity contribution is 0.0950. The van der Waals surface area contributed by atoms with E-state index in [2.05, 4.69) is 40.2 Å². The van der Waals surface area contributed by atoms with Crippen molar-refractivity contribution in [3.63, 3.8) is 0 Å². The third kappa shape index (κ3) is 3.96. The Labute approximate surface area is 187 Å². The highest BCUT2D eigenvalue weighted by molar-refractivity contribution is 5.94. The molecule has 4 heteroatoms. The number of carbonyl (C=O) groups is 1. The van der Waals surface area contributed by atoms with E-state index in [0.29, 0.717) is 11.1 Å². The summed E-state index contributed by atoms with van der Waals surface area (Å²) in [7, 11) is 0. The number of carbonyl (C=O) groups excluding carboxylic acids is 1. The third-order valence-corrected chi connectivity index (χ3v) is 6.16. The molecule has 0 unspecified atom stereocenters. The number of halogens is 1. The molecule has 160 valence electrons. The van der Waals surface area contributed by atoms with E-state index in [9.17, 15) is 9.18 Å². The van der Waals surface area contributed by atoms with Crippen LogP contribution in [0.4, 0.5) is 4.39 Å². The number of benzene rings is 3. The van der Waals surface area contributed by atoms with E-state index >= 15 is 0 Å². The minimum atomic E-state index is -0.311.